The zero-order chi connectivity index (χ0) is 21.1. The van der Waals surface area contributed by atoms with Crippen molar-refractivity contribution in [2.24, 2.45) is 5.92 Å². The Balaban J connectivity index is 0.000000941. The molecule has 5 nitrogen and oxygen atoms in total. The van der Waals surface area contributed by atoms with Crippen LogP contribution in [0.5, 0.6) is 0 Å². The minimum Gasteiger partial charge on any atom is -0.478 e. The summed E-state index contributed by atoms with van der Waals surface area (Å²) in [4.78, 5) is 12.7. The largest absolute Gasteiger partial charge is 0.478 e. The fraction of sp³-hybridized carbons (Fsp3) is 0.375. The van der Waals surface area contributed by atoms with Crippen LogP contribution in [0.25, 0.3) is 21.6 Å². The molecule has 0 bridgehead atoms. The molecule has 5 heteroatoms. The summed E-state index contributed by atoms with van der Waals surface area (Å²) in [6.07, 6.45) is 11.1. The van der Waals surface area contributed by atoms with E-state index in [0.717, 1.165) is 23.5 Å². The van der Waals surface area contributed by atoms with Crippen LogP contribution < -0.4 is 0 Å². The molecule has 0 amide bonds. The van der Waals surface area contributed by atoms with E-state index in [1.54, 1.807) is 17.0 Å². The first kappa shape index (κ1) is 22.3. The van der Waals surface area contributed by atoms with E-state index in [9.17, 15) is 4.79 Å². The Labute approximate surface area is 172 Å². The Morgan fingerprint density at radius 3 is 2.07 bits per heavy atom. The van der Waals surface area contributed by atoms with Crippen molar-refractivity contribution in [1.82, 2.24) is 0 Å². The molecule has 1 aliphatic rings. The number of aromatic carboxylic acids is 1. The number of carboxylic acids is 1. The van der Waals surface area contributed by atoms with Crippen LogP contribution in [0, 0.1) is 11.4 Å². The molecule has 0 radical (unpaired) electrons. The predicted octanol–water partition coefficient (Wildman–Crippen LogP) is 7.56. The summed E-state index contributed by atoms with van der Waals surface area (Å²) in [5, 5.41) is 9.00. The molecular formula is C24H29N3O2. The maximum Gasteiger partial charge on any atom is 0.335 e. The molecule has 2 N–H and O–H groups in total. The molecule has 3 rings (SSSR count). The molecule has 0 aliphatic heterocycles. The van der Waals surface area contributed by atoms with Gasteiger partial charge in [0.1, 0.15) is 0 Å². The monoisotopic (exact) mass is 391 g/mol. The Bertz CT molecular complexity index is 814. The minimum absolute atomic E-state index is 0.329. The third-order valence-corrected chi connectivity index (χ3v) is 5.71. The standard InChI is InChI=1S/C24H28O2.HN3/c1-2-3-4-5-18-6-8-19(9-7-18)20-10-12-21(13-11-20)22-14-16-23(17-15-22)24(25)26;1-3-2/h2,10-19H,1,3-9H2,(H,25,26);1H/t18-,19-;. The van der Waals surface area contributed by atoms with Crippen molar-refractivity contribution < 1.29 is 9.90 Å². The lowest BCUT2D eigenvalue weighted by Gasteiger charge is -2.29. The van der Waals surface area contributed by atoms with Crippen LogP contribution in [0.2, 0.25) is 0 Å². The van der Waals surface area contributed by atoms with Crippen molar-refractivity contribution in [3.8, 4) is 11.1 Å². The summed E-state index contributed by atoms with van der Waals surface area (Å²) in [6.45, 7) is 3.81. The van der Waals surface area contributed by atoms with E-state index < -0.39 is 5.97 Å². The van der Waals surface area contributed by atoms with Gasteiger partial charge in [0.15, 0.2) is 0 Å². The average molecular weight is 392 g/mol. The zero-order valence-corrected chi connectivity index (χ0v) is 16.8. The van der Waals surface area contributed by atoms with Crippen LogP contribution in [-0.4, -0.2) is 11.1 Å². The molecule has 0 saturated heterocycles. The first-order chi connectivity index (χ1) is 14.1. The summed E-state index contributed by atoms with van der Waals surface area (Å²) in [7, 11) is 0. The van der Waals surface area contributed by atoms with Gasteiger partial charge >= 0.3 is 5.97 Å². The molecule has 0 atom stereocenters. The summed E-state index contributed by atoms with van der Waals surface area (Å²) in [6, 6.07) is 15.9. The highest BCUT2D eigenvalue weighted by atomic mass is 16.4. The van der Waals surface area contributed by atoms with E-state index in [2.05, 4.69) is 30.8 Å². The van der Waals surface area contributed by atoms with Crippen molar-refractivity contribution in [3.05, 3.63) is 82.8 Å². The molecule has 29 heavy (non-hydrogen) atoms. The number of rotatable bonds is 7. The molecule has 1 fully saturated rings. The van der Waals surface area contributed by atoms with Gasteiger partial charge in [-0.2, -0.15) is 0 Å². The number of allylic oxidation sites excluding steroid dienone is 1. The van der Waals surface area contributed by atoms with E-state index in [1.807, 2.05) is 18.2 Å². The van der Waals surface area contributed by atoms with Gasteiger partial charge < -0.3 is 5.11 Å². The van der Waals surface area contributed by atoms with Crippen LogP contribution in [-0.2, 0) is 0 Å². The zero-order valence-electron chi connectivity index (χ0n) is 16.8. The van der Waals surface area contributed by atoms with Crippen molar-refractivity contribution in [2.75, 3.05) is 0 Å². The van der Waals surface area contributed by atoms with Gasteiger partial charge in [-0.15, -0.1) is 12.1 Å². The topological polar surface area (TPSA) is 97.5 Å². The quantitative estimate of drug-likeness (QED) is 0.167. The smallest absolute Gasteiger partial charge is 0.335 e. The maximum absolute atomic E-state index is 11.0. The molecule has 2 aromatic rings. The van der Waals surface area contributed by atoms with Crippen LogP contribution in [0.15, 0.2) is 61.2 Å². The van der Waals surface area contributed by atoms with Crippen LogP contribution >= 0.6 is 0 Å². The van der Waals surface area contributed by atoms with E-state index in [1.165, 1.54) is 44.1 Å². The molecule has 1 aliphatic carbocycles. The number of benzene rings is 2. The molecule has 1 saturated carbocycles. The fourth-order valence-electron chi connectivity index (χ4n) is 4.09. The number of carboxylic acid groups (broad SMARTS) is 1. The van der Waals surface area contributed by atoms with Gasteiger partial charge in [-0.05, 0) is 89.6 Å². The molecule has 0 spiro atoms. The summed E-state index contributed by atoms with van der Waals surface area (Å²) in [5.41, 5.74) is 16.2. The van der Waals surface area contributed by atoms with Crippen molar-refractivity contribution >= 4 is 5.97 Å². The lowest BCUT2D eigenvalue weighted by Crippen LogP contribution is -2.13. The number of carbonyl (C=O) groups is 1. The molecule has 0 heterocycles. The number of hydrogen-bond acceptors (Lipinski definition) is 2. The van der Waals surface area contributed by atoms with Crippen molar-refractivity contribution in [3.63, 3.8) is 0 Å². The SMILES string of the molecule is C=CCCC[C@H]1CC[C@H](c2ccc(-c3ccc(C(=O)O)cc3)cc2)CC1.[N-]=[N+]=N. The third-order valence-electron chi connectivity index (χ3n) is 5.71. The van der Waals surface area contributed by atoms with Gasteiger partial charge in [-0.1, -0.05) is 48.9 Å². The van der Waals surface area contributed by atoms with E-state index in [-0.39, 0.29) is 0 Å². The van der Waals surface area contributed by atoms with Gasteiger partial charge in [0, 0.05) is 0 Å². The van der Waals surface area contributed by atoms with Crippen molar-refractivity contribution in [1.29, 1.82) is 5.53 Å². The number of nitrogens with one attached hydrogen (secondary N) is 1. The number of nitrogens with zero attached hydrogens (tertiary/aromatic N) is 2. The molecule has 0 aromatic heterocycles. The van der Waals surface area contributed by atoms with Gasteiger partial charge in [0.25, 0.3) is 0 Å². The number of hydrogen-bond donors (Lipinski definition) is 2. The van der Waals surface area contributed by atoms with Gasteiger partial charge in [-0.25, -0.2) is 4.79 Å². The minimum atomic E-state index is -0.882. The average Bonchev–Trinajstić information content (AvgIpc) is 2.75. The lowest BCUT2D eigenvalue weighted by atomic mass is 9.77. The van der Waals surface area contributed by atoms with E-state index in [4.69, 9.17) is 16.2 Å². The second-order valence-electron chi connectivity index (χ2n) is 7.54. The van der Waals surface area contributed by atoms with E-state index in [0.29, 0.717) is 11.5 Å². The predicted molar refractivity (Wildman–Crippen MR) is 117 cm³/mol. The molecular weight excluding hydrogens is 362 g/mol. The Hall–Kier alpha value is -3.04. The molecule has 2 aromatic carbocycles. The van der Waals surface area contributed by atoms with Crippen LogP contribution in [0.1, 0.15) is 66.8 Å². The highest BCUT2D eigenvalue weighted by Crippen LogP contribution is 2.38. The van der Waals surface area contributed by atoms with Crippen molar-refractivity contribution in [2.45, 2.75) is 50.9 Å². The van der Waals surface area contributed by atoms with Gasteiger partial charge in [-0.3, -0.25) is 0 Å². The normalized spacial score (nSPS) is 18.1. The molecule has 0 unspecified atom stereocenters. The Morgan fingerprint density at radius 2 is 1.59 bits per heavy atom. The summed E-state index contributed by atoms with van der Waals surface area (Å²) in [5.74, 6) is 0.708. The third kappa shape index (κ3) is 6.81. The fourth-order valence-corrected chi connectivity index (χ4v) is 4.09. The highest BCUT2D eigenvalue weighted by Gasteiger charge is 2.21. The Kier molecular flexibility index (Phi) is 9.00. The second-order valence-corrected chi connectivity index (χ2v) is 7.54. The highest BCUT2D eigenvalue weighted by molar-refractivity contribution is 5.88. The first-order valence-electron chi connectivity index (χ1n) is 10.1. The van der Waals surface area contributed by atoms with Gasteiger partial charge in [0.2, 0.25) is 0 Å². The van der Waals surface area contributed by atoms with Gasteiger partial charge in [0.05, 0.1) is 5.56 Å². The summed E-state index contributed by atoms with van der Waals surface area (Å²) < 4.78 is 0. The summed E-state index contributed by atoms with van der Waals surface area (Å²) >= 11 is 0. The lowest BCUT2D eigenvalue weighted by molar-refractivity contribution is 0.0697. The molecule has 152 valence electrons. The maximum atomic E-state index is 11.0. The second kappa shape index (κ2) is 11.7. The van der Waals surface area contributed by atoms with E-state index >= 15 is 0 Å². The van der Waals surface area contributed by atoms with Crippen LogP contribution in [0.3, 0.4) is 0 Å². The first-order valence-corrected chi connectivity index (χ1v) is 10.1. The van der Waals surface area contributed by atoms with Crippen LogP contribution in [0.4, 0.5) is 0 Å². The Morgan fingerprint density at radius 1 is 1.07 bits per heavy atom. The number of unbranched alkanes of at least 4 members (excludes halogenated alkanes) is 1.